The smallest absolute Gasteiger partial charge is 0.242 e. The van der Waals surface area contributed by atoms with Crippen LogP contribution in [0.3, 0.4) is 0 Å². The molecule has 0 unspecified atom stereocenters. The predicted octanol–water partition coefficient (Wildman–Crippen LogP) is 2.58. The van der Waals surface area contributed by atoms with Crippen molar-refractivity contribution in [1.29, 1.82) is 5.26 Å². The van der Waals surface area contributed by atoms with E-state index in [0.29, 0.717) is 5.01 Å². The van der Waals surface area contributed by atoms with Gasteiger partial charge in [-0.25, -0.2) is 22.5 Å². The summed E-state index contributed by atoms with van der Waals surface area (Å²) >= 11 is 1.37. The van der Waals surface area contributed by atoms with Crippen molar-refractivity contribution in [2.45, 2.75) is 23.8 Å². The Bertz CT molecular complexity index is 824. The quantitative estimate of drug-likeness (QED) is 0.909. The van der Waals surface area contributed by atoms with Crippen molar-refractivity contribution >= 4 is 21.4 Å². The zero-order valence-electron chi connectivity index (χ0n) is 11.4. The van der Waals surface area contributed by atoms with Crippen molar-refractivity contribution in [2.75, 3.05) is 0 Å². The summed E-state index contributed by atoms with van der Waals surface area (Å²) in [7, 11) is -4.00. The lowest BCUT2D eigenvalue weighted by atomic mass is 10.2. The van der Waals surface area contributed by atoms with Gasteiger partial charge in [-0.05, 0) is 30.9 Å². The van der Waals surface area contributed by atoms with E-state index in [2.05, 4.69) is 9.71 Å². The van der Waals surface area contributed by atoms with Crippen molar-refractivity contribution in [3.63, 3.8) is 0 Å². The van der Waals surface area contributed by atoms with Gasteiger partial charge in [0, 0.05) is 11.6 Å². The van der Waals surface area contributed by atoms with Crippen molar-refractivity contribution in [2.24, 2.45) is 5.92 Å². The van der Waals surface area contributed by atoms with E-state index in [-0.39, 0.29) is 10.8 Å². The summed E-state index contributed by atoms with van der Waals surface area (Å²) in [5.74, 6) is -0.650. The van der Waals surface area contributed by atoms with Gasteiger partial charge in [-0.15, -0.1) is 11.3 Å². The number of benzene rings is 1. The molecular weight excluding hydrogens is 325 g/mol. The van der Waals surface area contributed by atoms with Crippen LogP contribution in [0.5, 0.6) is 0 Å². The van der Waals surface area contributed by atoms with Gasteiger partial charge in [0.1, 0.15) is 27.4 Å². The Balaban J connectivity index is 1.97. The summed E-state index contributed by atoms with van der Waals surface area (Å²) in [6.07, 6.45) is 3.45. The Hall–Kier alpha value is -1.82. The number of halogens is 1. The lowest BCUT2D eigenvalue weighted by Gasteiger charge is -2.16. The van der Waals surface area contributed by atoms with Gasteiger partial charge in [0.25, 0.3) is 0 Å². The first-order chi connectivity index (χ1) is 10.5. The second kappa shape index (κ2) is 5.76. The minimum Gasteiger partial charge on any atom is -0.248 e. The molecule has 1 N–H and O–H groups in total. The van der Waals surface area contributed by atoms with Gasteiger partial charge in [-0.1, -0.05) is 6.07 Å². The fraction of sp³-hybridized carbons (Fsp3) is 0.286. The van der Waals surface area contributed by atoms with Crippen LogP contribution in [0.2, 0.25) is 0 Å². The van der Waals surface area contributed by atoms with Gasteiger partial charge in [0.15, 0.2) is 0 Å². The van der Waals surface area contributed by atoms with Crippen LogP contribution in [-0.2, 0) is 10.0 Å². The predicted molar refractivity (Wildman–Crippen MR) is 79.0 cm³/mol. The molecule has 0 bridgehead atoms. The van der Waals surface area contributed by atoms with Crippen LogP contribution in [-0.4, -0.2) is 13.4 Å². The van der Waals surface area contributed by atoms with Crippen LogP contribution in [0.4, 0.5) is 4.39 Å². The number of hydrogen-bond acceptors (Lipinski definition) is 5. The van der Waals surface area contributed by atoms with Gasteiger partial charge < -0.3 is 0 Å². The number of aromatic nitrogens is 1. The normalized spacial score (nSPS) is 16.2. The Kier molecular flexibility index (Phi) is 3.95. The highest BCUT2D eigenvalue weighted by Crippen LogP contribution is 2.42. The number of rotatable bonds is 5. The molecule has 1 aromatic carbocycles. The lowest BCUT2D eigenvalue weighted by Crippen LogP contribution is -2.30. The molecule has 0 amide bonds. The molecule has 3 rings (SSSR count). The number of nitriles is 1. The zero-order valence-corrected chi connectivity index (χ0v) is 13.0. The van der Waals surface area contributed by atoms with E-state index in [9.17, 15) is 12.8 Å². The number of nitrogens with zero attached hydrogens (tertiary/aromatic N) is 2. The molecule has 1 aromatic heterocycles. The van der Waals surface area contributed by atoms with E-state index in [4.69, 9.17) is 5.26 Å². The molecule has 1 atom stereocenters. The van der Waals surface area contributed by atoms with E-state index in [0.717, 1.165) is 18.9 Å². The van der Waals surface area contributed by atoms with Crippen LogP contribution in [0.25, 0.3) is 0 Å². The molecule has 1 fully saturated rings. The summed E-state index contributed by atoms with van der Waals surface area (Å²) in [5.41, 5.74) is -0.469. The zero-order chi connectivity index (χ0) is 15.7. The van der Waals surface area contributed by atoms with E-state index in [1.807, 2.05) is 0 Å². The molecule has 0 radical (unpaired) electrons. The highest BCUT2D eigenvalue weighted by atomic mass is 32.2. The maximum Gasteiger partial charge on any atom is 0.242 e. The number of thiazole rings is 1. The molecule has 114 valence electrons. The second-order valence-corrected chi connectivity index (χ2v) is 7.64. The molecule has 1 aliphatic rings. The van der Waals surface area contributed by atoms with Gasteiger partial charge in [-0.3, -0.25) is 0 Å². The second-order valence-electron chi connectivity index (χ2n) is 5.03. The maximum absolute atomic E-state index is 13.6. The molecule has 0 aliphatic heterocycles. The Morgan fingerprint density at radius 3 is 2.82 bits per heavy atom. The summed E-state index contributed by atoms with van der Waals surface area (Å²) < 4.78 is 41.3. The summed E-state index contributed by atoms with van der Waals surface area (Å²) in [6.45, 7) is 0. The monoisotopic (exact) mass is 337 g/mol. The maximum atomic E-state index is 13.6. The van der Waals surface area contributed by atoms with E-state index < -0.39 is 27.4 Å². The van der Waals surface area contributed by atoms with Gasteiger partial charge in [0.2, 0.25) is 10.0 Å². The fourth-order valence-corrected chi connectivity index (χ4v) is 4.52. The fourth-order valence-electron chi connectivity index (χ4n) is 2.23. The summed E-state index contributed by atoms with van der Waals surface area (Å²) in [4.78, 5) is 3.83. The number of hydrogen-bond donors (Lipinski definition) is 1. The molecule has 1 saturated carbocycles. The molecular formula is C14H12FN3O2S2. The number of nitrogens with one attached hydrogen (secondary N) is 1. The average Bonchev–Trinajstić information content (AvgIpc) is 3.19. The van der Waals surface area contributed by atoms with Crippen molar-refractivity contribution in [3.05, 3.63) is 46.2 Å². The summed E-state index contributed by atoms with van der Waals surface area (Å²) in [5, 5.41) is 11.5. The minimum absolute atomic E-state index is 0.194. The van der Waals surface area contributed by atoms with E-state index >= 15 is 0 Å². The first-order valence-electron chi connectivity index (χ1n) is 6.63. The van der Waals surface area contributed by atoms with Crippen LogP contribution in [0.15, 0.2) is 34.7 Å². The molecule has 1 aliphatic carbocycles. The molecule has 8 heteroatoms. The third-order valence-corrected chi connectivity index (χ3v) is 5.81. The summed E-state index contributed by atoms with van der Waals surface area (Å²) in [6, 6.07) is 4.76. The van der Waals surface area contributed by atoms with Crippen LogP contribution in [0, 0.1) is 23.1 Å². The first kappa shape index (κ1) is 15.1. The van der Waals surface area contributed by atoms with Crippen molar-refractivity contribution in [3.8, 4) is 6.07 Å². The third kappa shape index (κ3) is 2.88. The highest BCUT2D eigenvalue weighted by Gasteiger charge is 2.37. The Morgan fingerprint density at radius 1 is 1.45 bits per heavy atom. The van der Waals surface area contributed by atoms with E-state index in [1.165, 1.54) is 23.5 Å². The highest BCUT2D eigenvalue weighted by molar-refractivity contribution is 7.89. The van der Waals surface area contributed by atoms with Gasteiger partial charge in [0.05, 0.1) is 6.04 Å². The molecule has 1 heterocycles. The standard InChI is InChI=1S/C14H12FN3O2S2/c15-11-2-1-3-12(10(11)8-16)22(19,20)18-13(9-4-5-9)14-17-6-7-21-14/h1-3,6-7,9,13,18H,4-5H2/t13-/m1/s1. The SMILES string of the molecule is N#Cc1c(F)cccc1S(=O)(=O)N[C@@H](c1nccs1)C1CC1. The molecule has 5 nitrogen and oxygen atoms in total. The van der Waals surface area contributed by atoms with Crippen molar-refractivity contribution in [1.82, 2.24) is 9.71 Å². The van der Waals surface area contributed by atoms with Gasteiger partial charge in [-0.2, -0.15) is 5.26 Å². The molecule has 0 spiro atoms. The molecule has 22 heavy (non-hydrogen) atoms. The minimum atomic E-state index is -4.00. The lowest BCUT2D eigenvalue weighted by molar-refractivity contribution is 0.526. The van der Waals surface area contributed by atoms with Crippen LogP contribution in [0.1, 0.15) is 29.5 Å². The molecule has 0 saturated heterocycles. The largest absolute Gasteiger partial charge is 0.248 e. The average molecular weight is 337 g/mol. The Morgan fingerprint density at radius 2 is 2.23 bits per heavy atom. The van der Waals surface area contributed by atoms with Crippen LogP contribution < -0.4 is 4.72 Å². The first-order valence-corrected chi connectivity index (χ1v) is 8.99. The Labute approximate surface area is 131 Å². The van der Waals surface area contributed by atoms with E-state index in [1.54, 1.807) is 17.6 Å². The third-order valence-electron chi connectivity index (χ3n) is 3.47. The van der Waals surface area contributed by atoms with Gasteiger partial charge >= 0.3 is 0 Å². The van der Waals surface area contributed by atoms with Crippen LogP contribution >= 0.6 is 11.3 Å². The number of sulfonamides is 1. The molecule has 2 aromatic rings. The van der Waals surface area contributed by atoms with Crippen molar-refractivity contribution < 1.29 is 12.8 Å². The topological polar surface area (TPSA) is 82.8 Å².